The second-order valence-corrected chi connectivity index (χ2v) is 5.80. The van der Waals surface area contributed by atoms with Gasteiger partial charge in [0.1, 0.15) is 11.6 Å². The van der Waals surface area contributed by atoms with Crippen LogP contribution in [0.15, 0.2) is 18.2 Å². The number of anilines is 1. The average molecular weight is 331 g/mol. The van der Waals surface area contributed by atoms with Crippen molar-refractivity contribution in [1.29, 1.82) is 0 Å². The van der Waals surface area contributed by atoms with Crippen molar-refractivity contribution < 1.29 is 53.4 Å². The number of nitrogens with one attached hydrogen (secondary N) is 1. The molecule has 1 aromatic rings. The van der Waals surface area contributed by atoms with Gasteiger partial charge in [-0.2, -0.15) is 0 Å². The molecule has 1 aromatic carbocycles. The van der Waals surface area contributed by atoms with Crippen LogP contribution in [-0.2, 0) is 9.59 Å². The van der Waals surface area contributed by atoms with Gasteiger partial charge in [-0.05, 0) is 31.4 Å². The van der Waals surface area contributed by atoms with Gasteiger partial charge in [0.2, 0.25) is 5.91 Å². The van der Waals surface area contributed by atoms with E-state index >= 15 is 0 Å². The Labute approximate surface area is 156 Å². The summed E-state index contributed by atoms with van der Waals surface area (Å²) >= 11 is 0. The molecule has 7 heteroatoms. The van der Waals surface area contributed by atoms with E-state index in [2.05, 4.69) is 5.32 Å². The number of benzene rings is 1. The summed E-state index contributed by atoms with van der Waals surface area (Å²) in [6.07, 6.45) is 0.220. The van der Waals surface area contributed by atoms with Crippen LogP contribution in [0, 0.1) is 23.1 Å². The van der Waals surface area contributed by atoms with Crippen LogP contribution < -0.4 is 44.7 Å². The topological polar surface area (TPSA) is 78.5 Å². The Morgan fingerprint density at radius 3 is 2.57 bits per heavy atom. The summed E-state index contributed by atoms with van der Waals surface area (Å²) in [5.74, 6) is -2.89. The normalized spacial score (nSPS) is 22.2. The van der Waals surface area contributed by atoms with Gasteiger partial charge in [-0.15, -0.1) is 0 Å². The van der Waals surface area contributed by atoms with Crippen LogP contribution in [0.3, 0.4) is 0 Å². The van der Waals surface area contributed by atoms with Gasteiger partial charge >= 0.3 is 29.6 Å². The maximum absolute atomic E-state index is 13.9. The molecule has 5 nitrogen and oxygen atoms in total. The number of carbonyl (C=O) groups is 2. The zero-order chi connectivity index (χ0) is 16.5. The van der Waals surface area contributed by atoms with Gasteiger partial charge in [-0.3, -0.25) is 4.79 Å². The predicted octanol–water partition coefficient (Wildman–Crippen LogP) is -1.42. The third kappa shape index (κ3) is 3.87. The van der Waals surface area contributed by atoms with Crippen molar-refractivity contribution in [2.75, 3.05) is 11.9 Å². The number of carboxylic acids is 1. The minimum Gasteiger partial charge on any atom is -0.550 e. The molecule has 0 radical (unpaired) electrons. The molecule has 0 spiro atoms. The van der Waals surface area contributed by atoms with E-state index in [4.69, 9.17) is 4.74 Å². The first kappa shape index (κ1) is 19.9. The molecule has 1 amide bonds. The SMILES string of the molecule is CCOc1ccc(NC(=O)C2CC2(C(=O)[O-])C(C)C)c(F)c1.[Na+]. The number of carboxylic acid groups (broad SMARTS) is 1. The first-order valence-electron chi connectivity index (χ1n) is 7.27. The van der Waals surface area contributed by atoms with Crippen molar-refractivity contribution in [2.45, 2.75) is 27.2 Å². The molecular weight excluding hydrogens is 312 g/mol. The fourth-order valence-electron chi connectivity index (χ4n) is 2.78. The molecule has 0 saturated heterocycles. The van der Waals surface area contributed by atoms with E-state index < -0.39 is 29.0 Å². The molecule has 0 aliphatic heterocycles. The van der Waals surface area contributed by atoms with Crippen LogP contribution in [0.2, 0.25) is 0 Å². The van der Waals surface area contributed by atoms with Crippen LogP contribution >= 0.6 is 0 Å². The number of hydrogen-bond donors (Lipinski definition) is 1. The van der Waals surface area contributed by atoms with Gasteiger partial charge in [0, 0.05) is 17.5 Å². The summed E-state index contributed by atoms with van der Waals surface area (Å²) in [5, 5.41) is 13.7. The minimum absolute atomic E-state index is 0. The zero-order valence-corrected chi connectivity index (χ0v) is 15.8. The summed E-state index contributed by atoms with van der Waals surface area (Å²) in [6, 6.07) is 4.13. The Morgan fingerprint density at radius 1 is 1.48 bits per heavy atom. The molecule has 1 fully saturated rings. The van der Waals surface area contributed by atoms with Crippen LogP contribution in [0.25, 0.3) is 0 Å². The standard InChI is InChI=1S/C16H20FNO4.Na/c1-4-22-10-5-6-13(12(17)7-10)18-14(19)11-8-16(11,9(2)3)15(20)21;/h5-7,9,11H,4,8H2,1-3H3,(H,18,19)(H,20,21);/q;+1/p-1. The Hall–Kier alpha value is -1.11. The molecule has 1 saturated carbocycles. The second-order valence-electron chi connectivity index (χ2n) is 5.80. The monoisotopic (exact) mass is 331 g/mol. The molecule has 2 atom stereocenters. The first-order valence-corrected chi connectivity index (χ1v) is 7.27. The number of ether oxygens (including phenoxy) is 1. The number of hydrogen-bond acceptors (Lipinski definition) is 4. The van der Waals surface area contributed by atoms with E-state index in [1.54, 1.807) is 26.8 Å². The maximum atomic E-state index is 13.9. The van der Waals surface area contributed by atoms with Crippen molar-refractivity contribution in [3.05, 3.63) is 24.0 Å². The quantitative estimate of drug-likeness (QED) is 0.649. The molecule has 23 heavy (non-hydrogen) atoms. The van der Waals surface area contributed by atoms with E-state index in [1.165, 1.54) is 12.1 Å². The van der Waals surface area contributed by atoms with E-state index in [0.29, 0.717) is 12.4 Å². The third-order valence-electron chi connectivity index (χ3n) is 4.24. The van der Waals surface area contributed by atoms with Crippen LogP contribution in [0.4, 0.5) is 10.1 Å². The predicted molar refractivity (Wildman–Crippen MR) is 76.6 cm³/mol. The fourth-order valence-corrected chi connectivity index (χ4v) is 2.78. The smallest absolute Gasteiger partial charge is 0.550 e. The maximum Gasteiger partial charge on any atom is 1.00 e. The Bertz CT molecular complexity index is 608. The van der Waals surface area contributed by atoms with Crippen LogP contribution in [0.5, 0.6) is 5.75 Å². The fraction of sp³-hybridized carbons (Fsp3) is 0.500. The van der Waals surface area contributed by atoms with Crippen molar-refractivity contribution in [3.8, 4) is 5.75 Å². The molecule has 0 heterocycles. The summed E-state index contributed by atoms with van der Waals surface area (Å²) in [6.45, 7) is 5.67. The first-order chi connectivity index (χ1) is 10.3. The van der Waals surface area contributed by atoms with Crippen molar-refractivity contribution >= 4 is 17.6 Å². The molecule has 2 rings (SSSR count). The summed E-state index contributed by atoms with van der Waals surface area (Å²) in [7, 11) is 0. The van der Waals surface area contributed by atoms with Crippen molar-refractivity contribution in [1.82, 2.24) is 0 Å². The molecule has 2 unspecified atom stereocenters. The number of amides is 1. The summed E-state index contributed by atoms with van der Waals surface area (Å²) < 4.78 is 19.1. The minimum atomic E-state index is -1.23. The number of halogens is 1. The van der Waals surface area contributed by atoms with E-state index in [0.717, 1.165) is 0 Å². The van der Waals surface area contributed by atoms with Crippen molar-refractivity contribution in [3.63, 3.8) is 0 Å². The third-order valence-corrected chi connectivity index (χ3v) is 4.24. The van der Waals surface area contributed by atoms with Gasteiger partial charge in [-0.25, -0.2) is 4.39 Å². The zero-order valence-electron chi connectivity index (χ0n) is 13.8. The molecule has 1 N–H and O–H groups in total. The molecule has 0 aromatic heterocycles. The second kappa shape index (κ2) is 7.64. The Kier molecular flexibility index (Phi) is 6.62. The van der Waals surface area contributed by atoms with Gasteiger partial charge in [0.15, 0.2) is 0 Å². The Balaban J connectivity index is 0.00000264. The molecular formula is C16H19FNNaO4. The van der Waals surface area contributed by atoms with Gasteiger partial charge < -0.3 is 20.0 Å². The summed E-state index contributed by atoms with van der Waals surface area (Å²) in [4.78, 5) is 23.5. The number of carbonyl (C=O) groups excluding carboxylic acids is 2. The average Bonchev–Trinajstić information content (AvgIpc) is 3.19. The molecule has 120 valence electrons. The molecule has 1 aliphatic rings. The van der Waals surface area contributed by atoms with Crippen molar-refractivity contribution in [2.24, 2.45) is 17.3 Å². The number of rotatable bonds is 6. The van der Waals surface area contributed by atoms with Gasteiger partial charge in [0.05, 0.1) is 18.2 Å². The van der Waals surface area contributed by atoms with Crippen LogP contribution in [-0.4, -0.2) is 18.5 Å². The largest absolute Gasteiger partial charge is 1.00 e. The molecule has 0 bridgehead atoms. The van der Waals surface area contributed by atoms with Gasteiger partial charge in [-0.1, -0.05) is 13.8 Å². The van der Waals surface area contributed by atoms with E-state index in [-0.39, 0.29) is 47.6 Å². The summed E-state index contributed by atoms with van der Waals surface area (Å²) in [5.41, 5.74) is -1.14. The van der Waals surface area contributed by atoms with Crippen LogP contribution in [0.1, 0.15) is 27.2 Å². The van der Waals surface area contributed by atoms with Gasteiger partial charge in [0.25, 0.3) is 0 Å². The Morgan fingerprint density at radius 2 is 2.13 bits per heavy atom. The number of aliphatic carboxylic acids is 1. The molecule has 1 aliphatic carbocycles. The van der Waals surface area contributed by atoms with E-state index in [1.807, 2.05) is 0 Å². The van der Waals surface area contributed by atoms with E-state index in [9.17, 15) is 19.1 Å².